The lowest BCUT2D eigenvalue weighted by Gasteiger charge is -2.19. The smallest absolute Gasteiger partial charge is 0.325 e. The number of urea groups is 1. The minimum absolute atomic E-state index is 0.148. The van der Waals surface area contributed by atoms with Gasteiger partial charge in [0, 0.05) is 20.0 Å². The van der Waals surface area contributed by atoms with Crippen molar-refractivity contribution in [2.24, 2.45) is 0 Å². The van der Waals surface area contributed by atoms with Crippen molar-refractivity contribution in [3.8, 4) is 0 Å². The molecule has 2 rings (SSSR count). The van der Waals surface area contributed by atoms with Crippen LogP contribution in [0.25, 0.3) is 0 Å². The van der Waals surface area contributed by atoms with Crippen LogP contribution in [0.3, 0.4) is 0 Å². The Morgan fingerprint density at radius 3 is 2.50 bits per heavy atom. The van der Waals surface area contributed by atoms with E-state index in [1.807, 2.05) is 0 Å². The number of carbonyl (C=O) groups excluding carboxylic acids is 1. The van der Waals surface area contributed by atoms with Crippen molar-refractivity contribution in [3.05, 3.63) is 5.89 Å². The lowest BCUT2D eigenvalue weighted by atomic mass is 10.2. The molecular formula is C10H16N4O2. The monoisotopic (exact) mass is 224 g/mol. The molecule has 0 aromatic carbocycles. The minimum atomic E-state index is -0.148. The molecule has 1 aliphatic heterocycles. The second-order valence-electron chi connectivity index (χ2n) is 3.96. The average Bonchev–Trinajstić information content (AvgIpc) is 2.56. The van der Waals surface area contributed by atoms with Crippen LogP contribution in [0, 0.1) is 6.92 Å². The number of nitrogens with one attached hydrogen (secondary N) is 1. The predicted molar refractivity (Wildman–Crippen MR) is 58.1 cm³/mol. The Kier molecular flexibility index (Phi) is 3.38. The minimum Gasteiger partial charge on any atom is -0.408 e. The summed E-state index contributed by atoms with van der Waals surface area (Å²) in [5.41, 5.74) is 0. The van der Waals surface area contributed by atoms with Crippen LogP contribution in [0.15, 0.2) is 4.42 Å². The normalized spacial score (nSPS) is 16.9. The van der Waals surface area contributed by atoms with Gasteiger partial charge in [0.25, 0.3) is 0 Å². The second kappa shape index (κ2) is 4.96. The molecule has 1 N–H and O–H groups in total. The van der Waals surface area contributed by atoms with Crippen LogP contribution in [-0.4, -0.2) is 34.2 Å². The van der Waals surface area contributed by atoms with Crippen LogP contribution in [0.2, 0.25) is 0 Å². The van der Waals surface area contributed by atoms with Crippen LogP contribution in [0.4, 0.5) is 10.8 Å². The van der Waals surface area contributed by atoms with E-state index in [1.54, 1.807) is 11.8 Å². The number of anilines is 1. The summed E-state index contributed by atoms with van der Waals surface area (Å²) in [6.07, 6.45) is 4.53. The number of aryl methyl sites for hydroxylation is 1. The first-order chi connectivity index (χ1) is 7.75. The van der Waals surface area contributed by atoms with E-state index in [1.165, 1.54) is 12.8 Å². The van der Waals surface area contributed by atoms with Crippen molar-refractivity contribution in [1.82, 2.24) is 15.1 Å². The zero-order chi connectivity index (χ0) is 11.4. The van der Waals surface area contributed by atoms with Crippen LogP contribution in [-0.2, 0) is 0 Å². The molecule has 0 aliphatic carbocycles. The summed E-state index contributed by atoms with van der Waals surface area (Å²) in [6, 6.07) is 0.0253. The second-order valence-corrected chi connectivity index (χ2v) is 3.96. The molecule has 0 unspecified atom stereocenters. The Morgan fingerprint density at radius 1 is 1.25 bits per heavy atom. The molecule has 1 aliphatic rings. The Hall–Kier alpha value is -1.59. The van der Waals surface area contributed by atoms with E-state index in [-0.39, 0.29) is 12.0 Å². The molecule has 0 atom stereocenters. The predicted octanol–water partition coefficient (Wildman–Crippen LogP) is 1.79. The first-order valence-corrected chi connectivity index (χ1v) is 5.62. The molecular weight excluding hydrogens is 208 g/mol. The largest absolute Gasteiger partial charge is 0.408 e. The highest BCUT2D eigenvalue weighted by molar-refractivity contribution is 5.86. The van der Waals surface area contributed by atoms with Crippen molar-refractivity contribution in [3.63, 3.8) is 0 Å². The van der Waals surface area contributed by atoms with Gasteiger partial charge >= 0.3 is 12.0 Å². The van der Waals surface area contributed by atoms with E-state index < -0.39 is 0 Å². The van der Waals surface area contributed by atoms with E-state index in [0.29, 0.717) is 5.89 Å². The zero-order valence-corrected chi connectivity index (χ0v) is 9.40. The summed E-state index contributed by atoms with van der Waals surface area (Å²) in [5, 5.41) is 9.99. The zero-order valence-electron chi connectivity index (χ0n) is 9.40. The third-order valence-corrected chi connectivity index (χ3v) is 2.63. The maximum atomic E-state index is 11.8. The van der Waals surface area contributed by atoms with Crippen molar-refractivity contribution < 1.29 is 9.21 Å². The molecule has 2 heterocycles. The quantitative estimate of drug-likeness (QED) is 0.789. The standard InChI is InChI=1S/C10H16N4O2/c1-8-12-13-9(16-8)11-10(15)14-6-4-2-3-5-7-14/h2-7H2,1H3,(H,11,13,15). The van der Waals surface area contributed by atoms with Crippen LogP contribution in [0.5, 0.6) is 0 Å². The Balaban J connectivity index is 1.91. The Labute approximate surface area is 94.0 Å². The summed E-state index contributed by atoms with van der Waals surface area (Å²) >= 11 is 0. The molecule has 1 fully saturated rings. The number of rotatable bonds is 1. The SMILES string of the molecule is Cc1nnc(NC(=O)N2CCCCCC2)o1. The van der Waals surface area contributed by atoms with Crippen molar-refractivity contribution in [2.75, 3.05) is 18.4 Å². The number of amides is 2. The molecule has 1 saturated heterocycles. The molecule has 16 heavy (non-hydrogen) atoms. The molecule has 0 radical (unpaired) electrons. The lowest BCUT2D eigenvalue weighted by molar-refractivity contribution is 0.213. The Morgan fingerprint density at radius 2 is 1.94 bits per heavy atom. The first kappa shape index (κ1) is 10.9. The molecule has 0 saturated carbocycles. The van der Waals surface area contributed by atoms with Gasteiger partial charge in [0.05, 0.1) is 0 Å². The summed E-state index contributed by atoms with van der Waals surface area (Å²) in [6.45, 7) is 3.30. The topological polar surface area (TPSA) is 71.3 Å². The van der Waals surface area contributed by atoms with Gasteiger partial charge in [0.2, 0.25) is 5.89 Å². The van der Waals surface area contributed by atoms with Gasteiger partial charge in [-0.05, 0) is 12.8 Å². The molecule has 6 nitrogen and oxygen atoms in total. The fourth-order valence-corrected chi connectivity index (χ4v) is 1.79. The van der Waals surface area contributed by atoms with E-state index in [4.69, 9.17) is 4.42 Å². The number of hydrogen-bond acceptors (Lipinski definition) is 4. The number of aromatic nitrogens is 2. The molecule has 0 bridgehead atoms. The highest BCUT2D eigenvalue weighted by Crippen LogP contribution is 2.11. The van der Waals surface area contributed by atoms with Gasteiger partial charge in [-0.2, -0.15) is 0 Å². The van der Waals surface area contributed by atoms with Crippen molar-refractivity contribution in [1.29, 1.82) is 0 Å². The fraction of sp³-hybridized carbons (Fsp3) is 0.700. The Bertz CT molecular complexity index is 355. The lowest BCUT2D eigenvalue weighted by Crippen LogP contribution is -2.35. The highest BCUT2D eigenvalue weighted by atomic mass is 16.4. The third kappa shape index (κ3) is 2.71. The van der Waals surface area contributed by atoms with E-state index in [0.717, 1.165) is 25.9 Å². The summed E-state index contributed by atoms with van der Waals surface area (Å²) in [7, 11) is 0. The summed E-state index contributed by atoms with van der Waals surface area (Å²) in [5.74, 6) is 0.450. The molecule has 2 amide bonds. The average molecular weight is 224 g/mol. The van der Waals surface area contributed by atoms with Gasteiger partial charge < -0.3 is 9.32 Å². The number of hydrogen-bond donors (Lipinski definition) is 1. The van der Waals surface area contributed by atoms with E-state index in [9.17, 15) is 4.79 Å². The molecule has 6 heteroatoms. The molecule has 88 valence electrons. The van der Waals surface area contributed by atoms with Crippen LogP contribution >= 0.6 is 0 Å². The van der Waals surface area contributed by atoms with Crippen molar-refractivity contribution >= 4 is 12.0 Å². The molecule has 0 spiro atoms. The number of nitrogens with zero attached hydrogens (tertiary/aromatic N) is 3. The van der Waals surface area contributed by atoms with Gasteiger partial charge in [-0.25, -0.2) is 4.79 Å². The van der Waals surface area contributed by atoms with Gasteiger partial charge in [-0.1, -0.05) is 17.9 Å². The fourth-order valence-electron chi connectivity index (χ4n) is 1.79. The number of likely N-dealkylation sites (tertiary alicyclic amines) is 1. The van der Waals surface area contributed by atoms with Gasteiger partial charge in [0.1, 0.15) is 0 Å². The van der Waals surface area contributed by atoms with Gasteiger partial charge in [-0.3, -0.25) is 5.32 Å². The van der Waals surface area contributed by atoms with Crippen LogP contribution in [0.1, 0.15) is 31.6 Å². The van der Waals surface area contributed by atoms with Crippen LogP contribution < -0.4 is 5.32 Å². The molecule has 1 aromatic rings. The summed E-state index contributed by atoms with van der Waals surface area (Å²) < 4.78 is 5.10. The van der Waals surface area contributed by atoms with E-state index >= 15 is 0 Å². The highest BCUT2D eigenvalue weighted by Gasteiger charge is 2.17. The van der Waals surface area contributed by atoms with E-state index in [2.05, 4.69) is 15.5 Å². The van der Waals surface area contributed by atoms with Gasteiger partial charge in [-0.15, -0.1) is 5.10 Å². The first-order valence-electron chi connectivity index (χ1n) is 5.62. The van der Waals surface area contributed by atoms with Gasteiger partial charge in [0.15, 0.2) is 0 Å². The maximum Gasteiger partial charge on any atom is 0.325 e. The maximum absolute atomic E-state index is 11.8. The summed E-state index contributed by atoms with van der Waals surface area (Å²) in [4.78, 5) is 13.6. The molecule has 1 aromatic heterocycles. The number of carbonyl (C=O) groups is 1. The van der Waals surface area contributed by atoms with Crippen molar-refractivity contribution in [2.45, 2.75) is 32.6 Å². The third-order valence-electron chi connectivity index (χ3n) is 2.63.